The van der Waals surface area contributed by atoms with Gasteiger partial charge in [0.2, 0.25) is 5.95 Å². The third-order valence-electron chi connectivity index (χ3n) is 8.44. The van der Waals surface area contributed by atoms with Crippen LogP contribution in [0.2, 0.25) is 0 Å². The Morgan fingerprint density at radius 3 is 2.59 bits per heavy atom. The minimum atomic E-state index is -1.05. The molecule has 220 valence electrons. The summed E-state index contributed by atoms with van der Waals surface area (Å²) in [5, 5.41) is 6.65. The molecule has 4 heterocycles. The standard InChI is InChI=1S/C31H42N6O3S/c1-20(2)26(21(3)32-4)19-33-30(38)24-7-5-6-23(18-24)22-8-13-37(14-9-22)31-35-27-12-17-41(39)28(27)29(36-31)34-25-10-15-40-16-11-25/h5-7,18,22,25H,8-17,19H2,1-4H3,(H,33,38)(H,34,35,36). The first-order valence-corrected chi connectivity index (χ1v) is 16.0. The van der Waals surface area contributed by atoms with Gasteiger partial charge in [-0.25, -0.2) is 4.98 Å². The zero-order valence-corrected chi connectivity index (χ0v) is 25.5. The molecule has 1 aromatic heterocycles. The predicted octanol–water partition coefficient (Wildman–Crippen LogP) is 4.27. The summed E-state index contributed by atoms with van der Waals surface area (Å²) in [6.07, 6.45) is 4.48. The molecule has 0 saturated carbocycles. The molecule has 1 aromatic carbocycles. The molecule has 1 amide bonds. The van der Waals surface area contributed by atoms with Crippen LogP contribution in [0.15, 0.2) is 45.3 Å². The lowest BCUT2D eigenvalue weighted by Gasteiger charge is -2.33. The zero-order valence-electron chi connectivity index (χ0n) is 24.7. The molecule has 1 atom stereocenters. The number of piperidine rings is 1. The van der Waals surface area contributed by atoms with Gasteiger partial charge >= 0.3 is 0 Å². The van der Waals surface area contributed by atoms with Crippen molar-refractivity contribution in [2.75, 3.05) is 55.9 Å². The van der Waals surface area contributed by atoms with E-state index in [2.05, 4.69) is 26.6 Å². The molecule has 3 aliphatic rings. The SMILES string of the molecule is CN=C(C)C(CNC(=O)c1cccc(C2CCN(c3nc4c(c(NC5CCOCC5)n3)S(=O)CC4)CC2)c1)=C(C)C. The Kier molecular flexibility index (Phi) is 9.49. The number of aryl methyl sites for hydroxylation is 1. The van der Waals surface area contributed by atoms with Crippen molar-refractivity contribution in [3.63, 3.8) is 0 Å². The molecule has 10 heteroatoms. The Bertz CT molecular complexity index is 1360. The van der Waals surface area contributed by atoms with E-state index in [9.17, 15) is 9.00 Å². The Morgan fingerprint density at radius 1 is 1.12 bits per heavy atom. The molecule has 2 fully saturated rings. The van der Waals surface area contributed by atoms with Crippen molar-refractivity contribution < 1.29 is 13.7 Å². The molecular weight excluding hydrogens is 536 g/mol. The highest BCUT2D eigenvalue weighted by molar-refractivity contribution is 7.85. The molecule has 0 bridgehead atoms. The topological polar surface area (TPSA) is 109 Å². The first-order valence-electron chi connectivity index (χ1n) is 14.7. The van der Waals surface area contributed by atoms with Gasteiger partial charge in [0.1, 0.15) is 10.7 Å². The highest BCUT2D eigenvalue weighted by Gasteiger charge is 2.30. The number of amides is 1. The molecule has 0 spiro atoms. The van der Waals surface area contributed by atoms with Crippen LogP contribution in [0.1, 0.15) is 74.0 Å². The van der Waals surface area contributed by atoms with E-state index < -0.39 is 10.8 Å². The van der Waals surface area contributed by atoms with Gasteiger partial charge in [-0.15, -0.1) is 0 Å². The molecule has 3 aliphatic heterocycles. The van der Waals surface area contributed by atoms with Crippen molar-refractivity contribution in [1.82, 2.24) is 15.3 Å². The summed E-state index contributed by atoms with van der Waals surface area (Å²) in [6.45, 7) is 9.66. The van der Waals surface area contributed by atoms with E-state index in [-0.39, 0.29) is 11.9 Å². The highest BCUT2D eigenvalue weighted by atomic mass is 32.2. The molecule has 0 aliphatic carbocycles. The minimum absolute atomic E-state index is 0.0691. The number of rotatable bonds is 8. The molecule has 2 aromatic rings. The quantitative estimate of drug-likeness (QED) is 0.450. The van der Waals surface area contributed by atoms with E-state index in [0.717, 1.165) is 97.6 Å². The van der Waals surface area contributed by atoms with E-state index in [0.29, 0.717) is 23.8 Å². The van der Waals surface area contributed by atoms with Crippen LogP contribution >= 0.6 is 0 Å². The number of fused-ring (bicyclic) bond motifs is 1. The second-order valence-electron chi connectivity index (χ2n) is 11.3. The lowest BCUT2D eigenvalue weighted by molar-refractivity contribution is 0.0903. The summed E-state index contributed by atoms with van der Waals surface area (Å²) in [5.74, 6) is 2.38. The summed E-state index contributed by atoms with van der Waals surface area (Å²) < 4.78 is 18.3. The van der Waals surface area contributed by atoms with E-state index in [4.69, 9.17) is 14.7 Å². The summed E-state index contributed by atoms with van der Waals surface area (Å²) in [7, 11) is 0.722. The lowest BCUT2D eigenvalue weighted by Crippen LogP contribution is -2.35. The number of anilines is 2. The van der Waals surface area contributed by atoms with Crippen molar-refractivity contribution in [1.29, 1.82) is 0 Å². The Hall–Kier alpha value is -3.11. The van der Waals surface area contributed by atoms with Gasteiger partial charge in [0.15, 0.2) is 0 Å². The number of nitrogens with zero attached hydrogens (tertiary/aromatic N) is 4. The van der Waals surface area contributed by atoms with Crippen LogP contribution in [0, 0.1) is 0 Å². The molecule has 41 heavy (non-hydrogen) atoms. The number of carbonyl (C=O) groups excluding carboxylic acids is 1. The number of aliphatic imine (C=N–C) groups is 1. The second-order valence-corrected chi connectivity index (χ2v) is 12.8. The van der Waals surface area contributed by atoms with Crippen molar-refractivity contribution >= 4 is 34.2 Å². The zero-order chi connectivity index (χ0) is 28.9. The first-order chi connectivity index (χ1) is 19.8. The van der Waals surface area contributed by atoms with Crippen LogP contribution in [0.25, 0.3) is 0 Å². The fraction of sp³-hybridized carbons (Fsp3) is 0.548. The van der Waals surface area contributed by atoms with E-state index in [1.54, 1.807) is 7.05 Å². The van der Waals surface area contributed by atoms with Crippen LogP contribution < -0.4 is 15.5 Å². The largest absolute Gasteiger partial charge is 0.381 e. The van der Waals surface area contributed by atoms with E-state index in [1.807, 2.05) is 39.0 Å². The van der Waals surface area contributed by atoms with E-state index >= 15 is 0 Å². The Labute approximate surface area is 245 Å². The van der Waals surface area contributed by atoms with Crippen LogP contribution in [0.3, 0.4) is 0 Å². The normalized spacial score (nSPS) is 20.0. The smallest absolute Gasteiger partial charge is 0.251 e. The Morgan fingerprint density at radius 2 is 1.88 bits per heavy atom. The average Bonchev–Trinajstić information content (AvgIpc) is 3.38. The van der Waals surface area contributed by atoms with Gasteiger partial charge in [-0.05, 0) is 75.6 Å². The average molecular weight is 579 g/mol. The molecule has 9 nitrogen and oxygen atoms in total. The predicted molar refractivity (Wildman–Crippen MR) is 165 cm³/mol. The number of hydrogen-bond acceptors (Lipinski definition) is 8. The fourth-order valence-corrected chi connectivity index (χ4v) is 7.19. The van der Waals surface area contributed by atoms with Gasteiger partial charge in [0, 0.05) is 69.4 Å². The van der Waals surface area contributed by atoms with E-state index in [1.165, 1.54) is 5.56 Å². The first kappa shape index (κ1) is 29.4. The van der Waals surface area contributed by atoms with Crippen molar-refractivity contribution in [2.24, 2.45) is 4.99 Å². The molecule has 0 radical (unpaired) electrons. The van der Waals surface area contributed by atoms with Crippen molar-refractivity contribution in [3.8, 4) is 0 Å². The number of benzene rings is 1. The molecule has 1 unspecified atom stereocenters. The van der Waals surface area contributed by atoms with Gasteiger partial charge < -0.3 is 20.3 Å². The summed E-state index contributed by atoms with van der Waals surface area (Å²) in [4.78, 5) is 30.1. The Balaban J connectivity index is 1.24. The monoisotopic (exact) mass is 578 g/mol. The van der Waals surface area contributed by atoms with Crippen LogP contribution in [0.5, 0.6) is 0 Å². The lowest BCUT2D eigenvalue weighted by atomic mass is 9.88. The number of allylic oxidation sites excluding steroid dienone is 1. The van der Waals surface area contributed by atoms with Crippen molar-refractivity contribution in [2.45, 2.75) is 69.7 Å². The minimum Gasteiger partial charge on any atom is -0.381 e. The molecule has 2 N–H and O–H groups in total. The van der Waals surface area contributed by atoms with Crippen LogP contribution in [0.4, 0.5) is 11.8 Å². The maximum Gasteiger partial charge on any atom is 0.251 e. The van der Waals surface area contributed by atoms with Crippen LogP contribution in [-0.2, 0) is 22.0 Å². The maximum atomic E-state index is 13.0. The van der Waals surface area contributed by atoms with Gasteiger partial charge in [0.25, 0.3) is 5.91 Å². The number of carbonyl (C=O) groups is 1. The number of aromatic nitrogens is 2. The second kappa shape index (κ2) is 13.2. The van der Waals surface area contributed by atoms with Crippen LogP contribution in [-0.4, -0.2) is 77.5 Å². The number of nitrogens with one attached hydrogen (secondary N) is 2. The number of ether oxygens (including phenoxy) is 1. The molecule has 2 saturated heterocycles. The van der Waals surface area contributed by atoms with Crippen molar-refractivity contribution in [3.05, 3.63) is 52.2 Å². The van der Waals surface area contributed by atoms with Gasteiger partial charge in [0.05, 0.1) is 16.5 Å². The third-order valence-corrected chi connectivity index (χ3v) is 9.90. The summed E-state index contributed by atoms with van der Waals surface area (Å²) in [6, 6.07) is 8.31. The highest BCUT2D eigenvalue weighted by Crippen LogP contribution is 2.34. The third kappa shape index (κ3) is 6.86. The summed E-state index contributed by atoms with van der Waals surface area (Å²) >= 11 is 0. The van der Waals surface area contributed by atoms with Gasteiger partial charge in [-0.3, -0.25) is 14.0 Å². The van der Waals surface area contributed by atoms with Gasteiger partial charge in [-0.2, -0.15) is 4.98 Å². The fourth-order valence-electron chi connectivity index (χ4n) is 5.88. The maximum absolute atomic E-state index is 13.0. The number of hydrogen-bond donors (Lipinski definition) is 2. The molecular formula is C31H42N6O3S. The summed E-state index contributed by atoms with van der Waals surface area (Å²) in [5.41, 5.74) is 5.95. The molecule has 5 rings (SSSR count). The van der Waals surface area contributed by atoms with Gasteiger partial charge in [-0.1, -0.05) is 17.7 Å².